The fourth-order valence-corrected chi connectivity index (χ4v) is 2.89. The summed E-state index contributed by atoms with van der Waals surface area (Å²) in [5.74, 6) is -0.212. The van der Waals surface area contributed by atoms with Crippen molar-refractivity contribution in [2.75, 3.05) is 13.2 Å². The van der Waals surface area contributed by atoms with E-state index in [-0.39, 0.29) is 31.3 Å². The van der Waals surface area contributed by atoms with Crippen molar-refractivity contribution in [3.8, 4) is 5.75 Å². The lowest BCUT2D eigenvalue weighted by molar-refractivity contribution is -0.137. The number of carbonyl (C=O) groups is 2. The molecule has 2 N–H and O–H groups in total. The number of ether oxygens (including phenoxy) is 1. The molecule has 0 aliphatic heterocycles. The van der Waals surface area contributed by atoms with Crippen LogP contribution in [0, 0.1) is 5.92 Å². The predicted octanol–water partition coefficient (Wildman–Crippen LogP) is 3.70. The molecule has 0 heterocycles. The summed E-state index contributed by atoms with van der Waals surface area (Å²) in [5, 5.41) is 18.2. The Hall–Kier alpha value is -2.66. The number of unbranched alkanes of at least 4 members (excludes halogenated alkanes) is 3. The number of aliphatic hydroxyl groups excluding tert-OH is 1. The third-order valence-corrected chi connectivity index (χ3v) is 4.34. The van der Waals surface area contributed by atoms with Gasteiger partial charge in [-0.25, -0.2) is 0 Å². The molecule has 1 unspecified atom stereocenters. The van der Waals surface area contributed by atoms with Crippen molar-refractivity contribution in [1.82, 2.24) is 0 Å². The normalized spacial score (nSPS) is 18.3. The summed E-state index contributed by atoms with van der Waals surface area (Å²) < 4.78 is 5.67. The molecule has 0 spiro atoms. The van der Waals surface area contributed by atoms with E-state index < -0.39 is 5.97 Å². The fourth-order valence-electron chi connectivity index (χ4n) is 2.89. The Labute approximate surface area is 159 Å². The minimum atomic E-state index is -0.775. The molecule has 0 saturated heterocycles. The van der Waals surface area contributed by atoms with E-state index in [1.165, 1.54) is 0 Å². The molecule has 1 aromatic carbocycles. The Morgan fingerprint density at radius 2 is 1.93 bits per heavy atom. The molecule has 5 heteroatoms. The summed E-state index contributed by atoms with van der Waals surface area (Å²) in [6.45, 7) is 0.134. The van der Waals surface area contributed by atoms with Gasteiger partial charge in [0.25, 0.3) is 0 Å². The third-order valence-electron chi connectivity index (χ3n) is 4.34. The molecule has 0 radical (unpaired) electrons. The SMILES string of the molecule is O=C(O)CCCCCC=C1C(=O)C=CC1C=C(CO)COc1ccccc1. The Balaban J connectivity index is 1.90. The van der Waals surface area contributed by atoms with E-state index in [2.05, 4.69) is 0 Å². The lowest BCUT2D eigenvalue weighted by atomic mass is 9.97. The average molecular weight is 370 g/mol. The molecule has 2 rings (SSSR count). The van der Waals surface area contributed by atoms with Crippen LogP contribution in [0.4, 0.5) is 0 Å². The maximum Gasteiger partial charge on any atom is 0.303 e. The van der Waals surface area contributed by atoms with Gasteiger partial charge in [-0.05, 0) is 43.0 Å². The second-order valence-corrected chi connectivity index (χ2v) is 6.49. The summed E-state index contributed by atoms with van der Waals surface area (Å²) >= 11 is 0. The summed E-state index contributed by atoms with van der Waals surface area (Å²) in [4.78, 5) is 22.6. The van der Waals surface area contributed by atoms with Crippen molar-refractivity contribution < 1.29 is 24.5 Å². The van der Waals surface area contributed by atoms with Crippen LogP contribution in [0.15, 0.2) is 65.8 Å². The molecule has 0 aromatic heterocycles. The lowest BCUT2D eigenvalue weighted by Gasteiger charge is -2.11. The largest absolute Gasteiger partial charge is 0.489 e. The van der Waals surface area contributed by atoms with Gasteiger partial charge in [-0.1, -0.05) is 42.8 Å². The Kier molecular flexibility index (Phi) is 8.52. The third kappa shape index (κ3) is 7.23. The van der Waals surface area contributed by atoms with E-state index in [1.54, 1.807) is 6.08 Å². The molecule has 1 aliphatic carbocycles. The van der Waals surface area contributed by atoms with Gasteiger partial charge >= 0.3 is 5.97 Å². The van der Waals surface area contributed by atoms with E-state index >= 15 is 0 Å². The maximum atomic E-state index is 12.1. The van der Waals surface area contributed by atoms with Gasteiger partial charge in [0.15, 0.2) is 5.78 Å². The van der Waals surface area contributed by atoms with E-state index in [9.17, 15) is 14.7 Å². The molecule has 0 amide bonds. The van der Waals surface area contributed by atoms with E-state index in [1.807, 2.05) is 48.6 Å². The van der Waals surface area contributed by atoms with Crippen molar-refractivity contribution in [3.63, 3.8) is 0 Å². The Bertz CT molecular complexity index is 715. The first-order valence-electron chi connectivity index (χ1n) is 9.23. The lowest BCUT2D eigenvalue weighted by Crippen LogP contribution is -2.08. The van der Waals surface area contributed by atoms with Crippen LogP contribution in [0.5, 0.6) is 5.75 Å². The van der Waals surface area contributed by atoms with Gasteiger partial charge in [-0.15, -0.1) is 0 Å². The van der Waals surface area contributed by atoms with Crippen molar-refractivity contribution in [3.05, 3.63) is 65.8 Å². The van der Waals surface area contributed by atoms with E-state index in [0.29, 0.717) is 12.0 Å². The van der Waals surface area contributed by atoms with Gasteiger partial charge in [0.1, 0.15) is 12.4 Å². The van der Waals surface area contributed by atoms with Gasteiger partial charge < -0.3 is 14.9 Å². The highest BCUT2D eigenvalue weighted by atomic mass is 16.5. The van der Waals surface area contributed by atoms with Crippen molar-refractivity contribution >= 4 is 11.8 Å². The minimum Gasteiger partial charge on any atom is -0.489 e. The highest BCUT2D eigenvalue weighted by molar-refractivity contribution is 6.07. The van der Waals surface area contributed by atoms with Gasteiger partial charge in [0, 0.05) is 17.9 Å². The van der Waals surface area contributed by atoms with Crippen LogP contribution < -0.4 is 4.74 Å². The number of aliphatic hydroxyl groups is 1. The standard InChI is InChI=1S/C22H26O5/c23-15-17(16-27-19-8-4-3-5-9-19)14-18-12-13-21(24)20(18)10-6-1-2-7-11-22(25)26/h3-5,8-10,12-14,18,23H,1-2,6-7,11,15-16H2,(H,25,26). The molecule has 1 aromatic rings. The van der Waals surface area contributed by atoms with Gasteiger partial charge in [0.05, 0.1) is 6.61 Å². The summed E-state index contributed by atoms with van der Waals surface area (Å²) in [6.07, 6.45) is 10.4. The van der Waals surface area contributed by atoms with Crippen LogP contribution >= 0.6 is 0 Å². The maximum absolute atomic E-state index is 12.1. The molecule has 144 valence electrons. The topological polar surface area (TPSA) is 83.8 Å². The van der Waals surface area contributed by atoms with E-state index in [4.69, 9.17) is 9.84 Å². The number of carboxylic acid groups (broad SMARTS) is 1. The van der Waals surface area contributed by atoms with E-state index in [0.717, 1.165) is 30.6 Å². The number of rotatable bonds is 11. The van der Waals surface area contributed by atoms with Crippen LogP contribution in [0.3, 0.4) is 0 Å². The quantitative estimate of drug-likeness (QED) is 0.352. The number of aliphatic carboxylic acids is 1. The number of hydrogen-bond donors (Lipinski definition) is 2. The zero-order valence-electron chi connectivity index (χ0n) is 15.3. The second-order valence-electron chi connectivity index (χ2n) is 6.49. The fraction of sp³-hybridized carbons (Fsp3) is 0.364. The monoisotopic (exact) mass is 370 g/mol. The molecule has 0 fully saturated rings. The molecule has 1 atom stereocenters. The molecular formula is C22H26O5. The van der Waals surface area contributed by atoms with Gasteiger partial charge in [0.2, 0.25) is 0 Å². The Morgan fingerprint density at radius 3 is 2.63 bits per heavy atom. The molecule has 1 aliphatic rings. The van der Waals surface area contributed by atoms with Crippen LogP contribution in [0.2, 0.25) is 0 Å². The first-order valence-corrected chi connectivity index (χ1v) is 9.23. The minimum absolute atomic E-state index is 0.0111. The summed E-state index contributed by atoms with van der Waals surface area (Å²) in [6, 6.07) is 9.37. The molecule has 5 nitrogen and oxygen atoms in total. The molecular weight excluding hydrogens is 344 g/mol. The smallest absolute Gasteiger partial charge is 0.303 e. The number of ketones is 1. The van der Waals surface area contributed by atoms with Gasteiger partial charge in [-0.3, -0.25) is 9.59 Å². The van der Waals surface area contributed by atoms with Crippen molar-refractivity contribution in [2.45, 2.75) is 32.1 Å². The van der Waals surface area contributed by atoms with Crippen LogP contribution in [-0.2, 0) is 9.59 Å². The average Bonchev–Trinajstić information content (AvgIpc) is 3.01. The van der Waals surface area contributed by atoms with Crippen molar-refractivity contribution in [1.29, 1.82) is 0 Å². The highest BCUT2D eigenvalue weighted by Gasteiger charge is 2.21. The van der Waals surface area contributed by atoms with Crippen molar-refractivity contribution in [2.24, 2.45) is 5.92 Å². The number of carboxylic acids is 1. The first kappa shape index (κ1) is 20.6. The molecule has 27 heavy (non-hydrogen) atoms. The van der Waals surface area contributed by atoms with Crippen LogP contribution in [0.25, 0.3) is 0 Å². The number of allylic oxidation sites excluding steroid dienone is 5. The second kappa shape index (κ2) is 11.1. The summed E-state index contributed by atoms with van der Waals surface area (Å²) in [5.41, 5.74) is 1.43. The zero-order valence-corrected chi connectivity index (χ0v) is 15.3. The predicted molar refractivity (Wildman–Crippen MR) is 104 cm³/mol. The van der Waals surface area contributed by atoms with Gasteiger partial charge in [-0.2, -0.15) is 0 Å². The number of carbonyl (C=O) groups excluding carboxylic acids is 1. The molecule has 0 bridgehead atoms. The molecule has 0 saturated carbocycles. The van der Waals surface area contributed by atoms with Crippen LogP contribution in [0.1, 0.15) is 32.1 Å². The number of para-hydroxylation sites is 1. The zero-order chi connectivity index (χ0) is 19.5. The first-order chi connectivity index (χ1) is 13.1. The van der Waals surface area contributed by atoms with Crippen LogP contribution in [-0.4, -0.2) is 35.2 Å². The summed E-state index contributed by atoms with van der Waals surface area (Å²) in [7, 11) is 0. The highest BCUT2D eigenvalue weighted by Crippen LogP contribution is 2.25. The number of benzene rings is 1. The number of hydrogen-bond acceptors (Lipinski definition) is 4. The Morgan fingerprint density at radius 1 is 1.15 bits per heavy atom.